The minimum absolute atomic E-state index is 0.0929. The lowest BCUT2D eigenvalue weighted by molar-refractivity contribution is -0.122. The van der Waals surface area contributed by atoms with Crippen LogP contribution in [0.15, 0.2) is 54.5 Å². The van der Waals surface area contributed by atoms with Gasteiger partial charge in [-0.15, -0.1) is 0 Å². The maximum Gasteiger partial charge on any atom is 0.322 e. The number of nitrogens with one attached hydrogen (secondary N) is 2. The van der Waals surface area contributed by atoms with Crippen molar-refractivity contribution in [2.24, 2.45) is 0 Å². The summed E-state index contributed by atoms with van der Waals surface area (Å²) in [6.45, 7) is 0. The van der Waals surface area contributed by atoms with Crippen LogP contribution in [-0.4, -0.2) is 17.0 Å². The number of rotatable bonds is 2. The molecule has 1 atom stereocenters. The normalized spacial score (nSPS) is 24.9. The summed E-state index contributed by atoms with van der Waals surface area (Å²) in [7, 11) is 0. The van der Waals surface area contributed by atoms with Crippen LogP contribution >= 0.6 is 0 Å². The van der Waals surface area contributed by atoms with E-state index in [0.717, 1.165) is 0 Å². The number of aromatic hydroxyl groups is 1. The first-order valence-corrected chi connectivity index (χ1v) is 5.70. The van der Waals surface area contributed by atoms with Crippen LogP contribution in [-0.2, 0) is 10.3 Å². The van der Waals surface area contributed by atoms with E-state index in [1.165, 1.54) is 24.3 Å². The van der Waals surface area contributed by atoms with Crippen LogP contribution in [0.4, 0.5) is 4.79 Å². The van der Waals surface area contributed by atoms with Crippen molar-refractivity contribution in [3.05, 3.63) is 65.6 Å². The summed E-state index contributed by atoms with van der Waals surface area (Å²) in [5, 5.41) is 13.9. The van der Waals surface area contributed by atoms with Crippen molar-refractivity contribution in [1.29, 1.82) is 0 Å². The molecule has 1 heterocycles. The van der Waals surface area contributed by atoms with Crippen LogP contribution in [0.5, 0.6) is 5.75 Å². The van der Waals surface area contributed by atoms with Crippen LogP contribution in [0.1, 0.15) is 18.0 Å². The van der Waals surface area contributed by atoms with Gasteiger partial charge < -0.3 is 10.4 Å². The zero-order valence-electron chi connectivity index (χ0n) is 15.1. The molecule has 1 saturated heterocycles. The lowest BCUT2D eigenvalue weighted by atomic mass is 10.1. The fourth-order valence-corrected chi connectivity index (χ4v) is 2.13. The average molecular weight is 276 g/mol. The van der Waals surface area contributed by atoms with Crippen molar-refractivity contribution in [2.45, 2.75) is 5.54 Å². The molecule has 0 spiro atoms. The quantitative estimate of drug-likeness (QED) is 0.574. The van der Waals surface area contributed by atoms with E-state index in [0.29, 0.717) is 0 Å². The number of carbonyl (C=O) groups is 2. The highest BCUT2D eigenvalue weighted by Gasteiger charge is 2.49. The van der Waals surface area contributed by atoms with Gasteiger partial charge in [-0.2, -0.15) is 0 Å². The van der Waals surface area contributed by atoms with Crippen molar-refractivity contribution >= 4 is 11.9 Å². The number of hydrogen-bond donors (Lipinski definition) is 3. The van der Waals surface area contributed by atoms with Gasteiger partial charge in [0.15, 0.2) is 5.54 Å². The number of carbonyl (C=O) groups excluding carboxylic acids is 2. The van der Waals surface area contributed by atoms with Gasteiger partial charge in [-0.3, -0.25) is 10.1 Å². The zero-order chi connectivity index (χ0) is 18.5. The number of benzene rings is 2. The zero-order valence-corrected chi connectivity index (χ0v) is 10.1. The molecule has 5 heteroatoms. The molecular formula is C15H12N2O3. The Balaban J connectivity index is 2.41. The highest BCUT2D eigenvalue weighted by Crippen LogP contribution is 2.33. The lowest BCUT2D eigenvalue weighted by Crippen LogP contribution is -2.44. The number of phenolic OH excluding ortho intramolecular Hbond substituents is 1. The number of phenols is 1. The summed E-state index contributed by atoms with van der Waals surface area (Å²) >= 11 is 0. The molecule has 0 bridgehead atoms. The van der Waals surface area contributed by atoms with Gasteiger partial charge in [-0.1, -0.05) is 42.3 Å². The Kier molecular flexibility index (Phi) is 1.68. The van der Waals surface area contributed by atoms with E-state index in [1.54, 1.807) is 0 Å². The van der Waals surface area contributed by atoms with Crippen molar-refractivity contribution in [3.63, 3.8) is 0 Å². The number of urea groups is 1. The number of hydrogen-bond acceptors (Lipinski definition) is 3. The summed E-state index contributed by atoms with van der Waals surface area (Å²) in [4.78, 5) is 24.4. The predicted octanol–water partition coefficient (Wildman–Crippen LogP) is 1.48. The Morgan fingerprint density at radius 1 is 1.00 bits per heavy atom. The Bertz CT molecular complexity index is 887. The van der Waals surface area contributed by atoms with Gasteiger partial charge in [0.05, 0.1) is 6.85 Å². The summed E-state index contributed by atoms with van der Waals surface area (Å²) in [5.74, 6) is -0.966. The maximum atomic E-state index is 12.6. The SMILES string of the molecule is [2H]c1c([2H])c([2H])c([13C]2(c3ccc(O)cc3)N[13C](=O)N[13C]2=O)c([2H])c1[2H]. The molecule has 0 saturated carbocycles. The molecule has 1 unspecified atom stereocenters. The summed E-state index contributed by atoms with van der Waals surface area (Å²) in [5.41, 5.74) is -2.22. The van der Waals surface area contributed by atoms with E-state index in [1.807, 2.05) is 5.32 Å². The number of amides is 3. The molecule has 3 amide bonds. The van der Waals surface area contributed by atoms with Crippen LogP contribution in [0.25, 0.3) is 0 Å². The third-order valence-electron chi connectivity index (χ3n) is 3.04. The van der Waals surface area contributed by atoms with Gasteiger partial charge in [0, 0.05) is 0 Å². The van der Waals surface area contributed by atoms with Gasteiger partial charge >= 0.3 is 6.03 Å². The maximum absolute atomic E-state index is 12.6. The summed E-state index contributed by atoms with van der Waals surface area (Å²) < 4.78 is 39.5. The molecule has 0 aliphatic carbocycles. The molecule has 3 N–H and O–H groups in total. The number of imide groups is 1. The smallest absolute Gasteiger partial charge is 0.322 e. The molecule has 0 radical (unpaired) electrons. The third kappa shape index (κ3) is 1.72. The van der Waals surface area contributed by atoms with Gasteiger partial charge in [-0.25, -0.2) is 4.79 Å². The molecule has 100 valence electrons. The molecule has 3 rings (SSSR count). The van der Waals surface area contributed by atoms with E-state index in [-0.39, 0.29) is 16.9 Å². The van der Waals surface area contributed by atoms with Gasteiger partial charge in [0.25, 0.3) is 5.91 Å². The Labute approximate surface area is 122 Å². The third-order valence-corrected chi connectivity index (χ3v) is 3.04. The van der Waals surface area contributed by atoms with Crippen LogP contribution in [0.3, 0.4) is 0 Å². The van der Waals surface area contributed by atoms with Crippen molar-refractivity contribution in [3.8, 4) is 5.75 Å². The predicted molar refractivity (Wildman–Crippen MR) is 72.0 cm³/mol. The van der Waals surface area contributed by atoms with E-state index >= 15 is 0 Å². The second-order valence-corrected chi connectivity index (χ2v) is 4.21. The fourth-order valence-electron chi connectivity index (χ4n) is 2.13. The Hall–Kier alpha value is -2.82. The minimum atomic E-state index is -2.00. The second-order valence-electron chi connectivity index (χ2n) is 4.21. The standard InChI is InChI=1S/C15H12N2O3/c18-12-8-6-11(7-9-12)15(10-4-2-1-3-5-10)13(19)16-14(20)17-15/h1-9,18H,(H2,16,17,19,20)/i1D,2D,3D,4D,5D,13+1,14+1,15+1. The van der Waals surface area contributed by atoms with Gasteiger partial charge in [-0.05, 0) is 23.3 Å². The highest BCUT2D eigenvalue weighted by molar-refractivity contribution is 6.09. The first kappa shape index (κ1) is 7.69. The summed E-state index contributed by atoms with van der Waals surface area (Å²) in [6.07, 6.45) is 0. The fraction of sp³-hybridized carbons (Fsp3) is 0.0667. The molecule has 20 heavy (non-hydrogen) atoms. The second kappa shape index (κ2) is 4.38. The molecule has 2 aromatic rings. The molecule has 1 fully saturated rings. The Morgan fingerprint density at radius 3 is 2.20 bits per heavy atom. The van der Waals surface area contributed by atoms with Gasteiger partial charge in [0.1, 0.15) is 5.75 Å². The largest absolute Gasteiger partial charge is 0.508 e. The van der Waals surface area contributed by atoms with Crippen LogP contribution < -0.4 is 10.6 Å². The topological polar surface area (TPSA) is 78.4 Å². The molecular weight excluding hydrogens is 259 g/mol. The van der Waals surface area contributed by atoms with Gasteiger partial charge in [0.2, 0.25) is 0 Å². The van der Waals surface area contributed by atoms with Crippen molar-refractivity contribution < 1.29 is 21.5 Å². The molecule has 1 aliphatic rings. The van der Waals surface area contributed by atoms with E-state index in [9.17, 15) is 14.7 Å². The first-order chi connectivity index (χ1) is 11.7. The lowest BCUT2D eigenvalue weighted by Gasteiger charge is -2.27. The van der Waals surface area contributed by atoms with E-state index in [4.69, 9.17) is 6.85 Å². The summed E-state index contributed by atoms with van der Waals surface area (Å²) in [6, 6.07) is 1.30. The molecule has 1 aliphatic heterocycles. The molecule has 0 aromatic heterocycles. The Morgan fingerprint density at radius 2 is 1.65 bits per heavy atom. The van der Waals surface area contributed by atoms with E-state index < -0.39 is 47.7 Å². The molecule has 5 nitrogen and oxygen atoms in total. The average Bonchev–Trinajstić information content (AvgIpc) is 2.87. The molecule has 2 aromatic carbocycles. The van der Waals surface area contributed by atoms with Crippen LogP contribution in [0.2, 0.25) is 0 Å². The van der Waals surface area contributed by atoms with Crippen molar-refractivity contribution in [2.75, 3.05) is 0 Å². The minimum Gasteiger partial charge on any atom is -0.508 e. The van der Waals surface area contributed by atoms with E-state index in [2.05, 4.69) is 5.32 Å². The highest BCUT2D eigenvalue weighted by atomic mass is 16.3. The van der Waals surface area contributed by atoms with Crippen LogP contribution in [0, 0.1) is 0 Å². The monoisotopic (exact) mass is 276 g/mol. The first-order valence-electron chi connectivity index (χ1n) is 8.20. The van der Waals surface area contributed by atoms with Crippen molar-refractivity contribution in [1.82, 2.24) is 10.6 Å².